The molecule has 2 aromatic heterocycles. The van der Waals surface area contributed by atoms with Crippen molar-refractivity contribution < 1.29 is 14.6 Å². The van der Waals surface area contributed by atoms with Gasteiger partial charge in [0.1, 0.15) is 0 Å². The molecule has 1 unspecified atom stereocenters. The molecule has 0 spiro atoms. The molecule has 2 saturated heterocycles. The van der Waals surface area contributed by atoms with Crippen LogP contribution in [-0.2, 0) is 11.3 Å². The first-order valence-corrected chi connectivity index (χ1v) is 13.2. The van der Waals surface area contributed by atoms with Crippen LogP contribution in [0.2, 0.25) is 10.0 Å². The lowest BCUT2D eigenvalue weighted by molar-refractivity contribution is 0.0209. The van der Waals surface area contributed by atoms with Gasteiger partial charge < -0.3 is 24.8 Å². The summed E-state index contributed by atoms with van der Waals surface area (Å²) in [7, 11) is 0. The Morgan fingerprint density at radius 3 is 2.49 bits per heavy atom. The zero-order chi connectivity index (χ0) is 25.6. The third kappa shape index (κ3) is 7.07. The summed E-state index contributed by atoms with van der Waals surface area (Å²) < 4.78 is 11.8. The summed E-state index contributed by atoms with van der Waals surface area (Å²) in [4.78, 5) is 18.2. The van der Waals surface area contributed by atoms with Crippen LogP contribution in [0.25, 0.3) is 11.3 Å². The van der Waals surface area contributed by atoms with E-state index in [-0.39, 0.29) is 12.7 Å². The molecule has 9 nitrogen and oxygen atoms in total. The number of aliphatic hydroxyl groups is 1. The van der Waals surface area contributed by atoms with E-state index in [9.17, 15) is 5.11 Å². The van der Waals surface area contributed by atoms with Crippen LogP contribution in [-0.4, -0.2) is 83.5 Å². The van der Waals surface area contributed by atoms with E-state index in [2.05, 4.69) is 25.1 Å². The number of aromatic nitrogens is 3. The topological polar surface area (TPSA) is 95.9 Å². The maximum Gasteiger partial charge on any atom is 0.225 e. The molecule has 0 aliphatic carbocycles. The third-order valence-electron chi connectivity index (χ3n) is 6.39. The predicted molar refractivity (Wildman–Crippen MR) is 144 cm³/mol. The number of pyridine rings is 1. The minimum atomic E-state index is -0.116. The Balaban J connectivity index is 1.39. The summed E-state index contributed by atoms with van der Waals surface area (Å²) in [6.45, 7) is 6.46. The molecule has 1 aromatic carbocycles. The molecule has 1 atom stereocenters. The van der Waals surface area contributed by atoms with Gasteiger partial charge >= 0.3 is 0 Å². The zero-order valence-electron chi connectivity index (χ0n) is 20.4. The number of rotatable bonds is 7. The van der Waals surface area contributed by atoms with Crippen LogP contribution >= 0.6 is 23.2 Å². The van der Waals surface area contributed by atoms with E-state index in [0.717, 1.165) is 56.8 Å². The number of benzene rings is 1. The van der Waals surface area contributed by atoms with Gasteiger partial charge in [-0.15, -0.1) is 0 Å². The number of hydrogen-bond donors (Lipinski definition) is 2. The highest BCUT2D eigenvalue weighted by atomic mass is 35.5. The molecule has 37 heavy (non-hydrogen) atoms. The van der Waals surface area contributed by atoms with Gasteiger partial charge in [-0.25, -0.2) is 15.0 Å². The monoisotopic (exact) mass is 544 g/mol. The number of nitrogens with one attached hydrogen (secondary N) is 1. The average molecular weight is 545 g/mol. The second-order valence-corrected chi connectivity index (χ2v) is 10.0. The molecule has 2 N–H and O–H groups in total. The number of halogens is 2. The minimum absolute atomic E-state index is 0.0380. The summed E-state index contributed by atoms with van der Waals surface area (Å²) in [5, 5.41) is 13.9. The van der Waals surface area contributed by atoms with E-state index in [1.165, 1.54) is 0 Å². The molecule has 196 valence electrons. The SMILES string of the molecule is OCC1CCN(Cc2cc(Oc3cnc(N4CCNCC4)nc3)nc(-c3cc(Cl)cc(Cl)c3)c2)CCO1. The Hall–Kier alpha value is -2.53. The summed E-state index contributed by atoms with van der Waals surface area (Å²) in [5.74, 6) is 1.63. The van der Waals surface area contributed by atoms with Gasteiger partial charge in [0.25, 0.3) is 0 Å². The minimum Gasteiger partial charge on any atom is -0.436 e. The Kier molecular flexibility index (Phi) is 8.70. The highest BCUT2D eigenvalue weighted by molar-refractivity contribution is 6.35. The Morgan fingerprint density at radius 2 is 1.76 bits per heavy atom. The van der Waals surface area contributed by atoms with Gasteiger partial charge in [0, 0.05) is 67.5 Å². The molecule has 0 radical (unpaired) electrons. The summed E-state index contributed by atoms with van der Waals surface area (Å²) in [5.41, 5.74) is 2.53. The highest BCUT2D eigenvalue weighted by Gasteiger charge is 2.18. The van der Waals surface area contributed by atoms with E-state index in [4.69, 9.17) is 37.7 Å². The fourth-order valence-electron chi connectivity index (χ4n) is 4.49. The number of ether oxygens (including phenoxy) is 2. The molecule has 0 saturated carbocycles. The highest BCUT2D eigenvalue weighted by Crippen LogP contribution is 2.30. The average Bonchev–Trinajstić information content (AvgIpc) is 3.14. The first-order chi connectivity index (χ1) is 18.1. The molecule has 3 aromatic rings. The Morgan fingerprint density at radius 1 is 1.00 bits per heavy atom. The van der Waals surface area contributed by atoms with Crippen LogP contribution < -0.4 is 15.0 Å². The largest absolute Gasteiger partial charge is 0.436 e. The number of piperazine rings is 1. The molecule has 2 aliphatic rings. The van der Waals surface area contributed by atoms with Gasteiger partial charge in [-0.3, -0.25) is 4.90 Å². The second kappa shape index (κ2) is 12.3. The number of hydrogen-bond acceptors (Lipinski definition) is 9. The van der Waals surface area contributed by atoms with E-state index < -0.39 is 0 Å². The number of anilines is 1. The van der Waals surface area contributed by atoms with E-state index in [1.807, 2.05) is 24.3 Å². The maximum absolute atomic E-state index is 9.46. The lowest BCUT2D eigenvalue weighted by atomic mass is 10.1. The first kappa shape index (κ1) is 26.1. The number of aliphatic hydroxyl groups excluding tert-OH is 1. The van der Waals surface area contributed by atoms with Crippen molar-refractivity contribution in [1.29, 1.82) is 0 Å². The fraction of sp³-hybridized carbons (Fsp3) is 0.423. The Labute approximate surface area is 226 Å². The van der Waals surface area contributed by atoms with Crippen molar-refractivity contribution >= 4 is 29.2 Å². The van der Waals surface area contributed by atoms with Gasteiger partial charge in [-0.2, -0.15) is 0 Å². The normalized spacial score (nSPS) is 19.0. The van der Waals surface area contributed by atoms with E-state index >= 15 is 0 Å². The molecule has 0 amide bonds. The molecule has 0 bridgehead atoms. The van der Waals surface area contributed by atoms with Crippen molar-refractivity contribution in [2.75, 3.05) is 57.4 Å². The van der Waals surface area contributed by atoms with Gasteiger partial charge in [0.2, 0.25) is 11.8 Å². The molecular weight excluding hydrogens is 515 g/mol. The van der Waals surface area contributed by atoms with Crippen LogP contribution in [0.5, 0.6) is 11.6 Å². The van der Waals surface area contributed by atoms with Crippen LogP contribution in [0.4, 0.5) is 5.95 Å². The molecule has 2 fully saturated rings. The fourth-order valence-corrected chi connectivity index (χ4v) is 5.02. The smallest absolute Gasteiger partial charge is 0.225 e. The van der Waals surface area contributed by atoms with Gasteiger partial charge in [-0.1, -0.05) is 23.2 Å². The van der Waals surface area contributed by atoms with Gasteiger partial charge in [-0.05, 0) is 36.2 Å². The number of nitrogens with zero attached hydrogens (tertiary/aromatic N) is 5. The molecule has 11 heteroatoms. The molecule has 5 rings (SSSR count). The Bertz CT molecular complexity index is 1170. The lowest BCUT2D eigenvalue weighted by Gasteiger charge is -2.27. The summed E-state index contributed by atoms with van der Waals surface area (Å²) in [6, 6.07) is 9.31. The van der Waals surface area contributed by atoms with Crippen molar-refractivity contribution in [2.45, 2.75) is 19.1 Å². The lowest BCUT2D eigenvalue weighted by Crippen LogP contribution is -2.44. The van der Waals surface area contributed by atoms with Gasteiger partial charge in [0.05, 0.1) is 37.4 Å². The van der Waals surface area contributed by atoms with E-state index in [1.54, 1.807) is 18.5 Å². The standard InChI is InChI=1S/C26H30Cl2N6O3/c27-20-11-19(12-21(28)13-20)24-9-18(16-33-4-1-22(17-35)36-8-7-33)10-25(32-24)37-23-14-30-26(31-15-23)34-5-2-29-3-6-34/h9-15,22,29,35H,1-8,16-17H2. The first-order valence-electron chi connectivity index (χ1n) is 12.4. The van der Waals surface area contributed by atoms with Crippen LogP contribution in [0.3, 0.4) is 0 Å². The molecule has 2 aliphatic heterocycles. The predicted octanol–water partition coefficient (Wildman–Crippen LogP) is 3.63. The summed E-state index contributed by atoms with van der Waals surface area (Å²) in [6.07, 6.45) is 4.01. The maximum atomic E-state index is 9.46. The second-order valence-electron chi connectivity index (χ2n) is 9.16. The van der Waals surface area contributed by atoms with Crippen molar-refractivity contribution in [2.24, 2.45) is 0 Å². The van der Waals surface area contributed by atoms with Crippen molar-refractivity contribution in [3.05, 3.63) is 58.3 Å². The summed E-state index contributed by atoms with van der Waals surface area (Å²) >= 11 is 12.6. The van der Waals surface area contributed by atoms with Crippen LogP contribution in [0.1, 0.15) is 12.0 Å². The molecular formula is C26H30Cl2N6O3. The van der Waals surface area contributed by atoms with Crippen molar-refractivity contribution in [3.8, 4) is 22.9 Å². The van der Waals surface area contributed by atoms with Crippen molar-refractivity contribution in [3.63, 3.8) is 0 Å². The van der Waals surface area contributed by atoms with E-state index in [0.29, 0.717) is 46.5 Å². The third-order valence-corrected chi connectivity index (χ3v) is 6.83. The van der Waals surface area contributed by atoms with Gasteiger partial charge in [0.15, 0.2) is 5.75 Å². The van der Waals surface area contributed by atoms with Crippen molar-refractivity contribution in [1.82, 2.24) is 25.2 Å². The quantitative estimate of drug-likeness (QED) is 0.462. The van der Waals surface area contributed by atoms with Crippen LogP contribution in [0.15, 0.2) is 42.7 Å². The zero-order valence-corrected chi connectivity index (χ0v) is 22.0. The van der Waals surface area contributed by atoms with Crippen LogP contribution in [0, 0.1) is 0 Å². The molecule has 4 heterocycles.